The Balaban J connectivity index is 1.74. The molecule has 1 atom stereocenters. The molecule has 0 saturated heterocycles. The van der Waals surface area contributed by atoms with Gasteiger partial charge < -0.3 is 20.8 Å². The van der Waals surface area contributed by atoms with Gasteiger partial charge >= 0.3 is 11.9 Å². The Morgan fingerprint density at radius 2 is 1.32 bits per heavy atom. The molecule has 3 aromatic rings. The summed E-state index contributed by atoms with van der Waals surface area (Å²) < 4.78 is 0. The summed E-state index contributed by atoms with van der Waals surface area (Å²) in [7, 11) is 0. The molecule has 0 bridgehead atoms. The van der Waals surface area contributed by atoms with Crippen LogP contribution in [0.15, 0.2) is 95.9 Å². The zero-order valence-electron chi connectivity index (χ0n) is 17.7. The number of anilines is 2. The molecular formula is C25H20N2O6S. The van der Waals surface area contributed by atoms with Crippen molar-refractivity contribution >= 4 is 46.9 Å². The number of carboxylic acids is 2. The van der Waals surface area contributed by atoms with Gasteiger partial charge in [-0.1, -0.05) is 30.3 Å². The maximum Gasteiger partial charge on any atom is 0.335 e. The van der Waals surface area contributed by atoms with Crippen LogP contribution in [0.4, 0.5) is 11.4 Å². The molecule has 0 aliphatic carbocycles. The highest BCUT2D eigenvalue weighted by atomic mass is 32.2. The molecule has 0 heterocycles. The van der Waals surface area contributed by atoms with Crippen LogP contribution in [0.2, 0.25) is 0 Å². The van der Waals surface area contributed by atoms with Crippen molar-refractivity contribution in [1.29, 1.82) is 0 Å². The Labute approximate surface area is 199 Å². The number of hydrogen-bond acceptors (Lipinski definition) is 5. The highest BCUT2D eigenvalue weighted by Crippen LogP contribution is 2.36. The van der Waals surface area contributed by atoms with Gasteiger partial charge in [-0.3, -0.25) is 9.59 Å². The minimum Gasteiger partial charge on any atom is -0.478 e. The standard InChI is InChI=1S/C25H20N2O6S/c28-21(14-15-22(29)30)26-18-10-12-20(13-11-18)34-23(16-4-2-1-3-5-16)24(31)27-19-8-6-17(7-9-19)25(32)33/h1-15,23H,(H,26,28)(H,27,31)(H,29,30)(H,32,33)/b15-14+. The first kappa shape index (κ1) is 24.3. The zero-order valence-corrected chi connectivity index (χ0v) is 18.5. The van der Waals surface area contributed by atoms with E-state index in [1.165, 1.54) is 36.0 Å². The lowest BCUT2D eigenvalue weighted by molar-refractivity contribution is -0.131. The highest BCUT2D eigenvalue weighted by molar-refractivity contribution is 8.00. The van der Waals surface area contributed by atoms with Crippen LogP contribution in [-0.4, -0.2) is 34.0 Å². The van der Waals surface area contributed by atoms with E-state index in [0.29, 0.717) is 11.4 Å². The second-order valence-electron chi connectivity index (χ2n) is 6.97. The number of aromatic carboxylic acids is 1. The molecule has 0 aliphatic heterocycles. The van der Waals surface area contributed by atoms with Gasteiger partial charge in [0.15, 0.2) is 0 Å². The van der Waals surface area contributed by atoms with Crippen LogP contribution in [0.1, 0.15) is 21.2 Å². The van der Waals surface area contributed by atoms with Crippen LogP contribution in [0, 0.1) is 0 Å². The van der Waals surface area contributed by atoms with E-state index in [2.05, 4.69) is 10.6 Å². The van der Waals surface area contributed by atoms with Crippen molar-refractivity contribution in [3.8, 4) is 0 Å². The lowest BCUT2D eigenvalue weighted by atomic mass is 10.1. The van der Waals surface area contributed by atoms with Crippen molar-refractivity contribution in [1.82, 2.24) is 0 Å². The van der Waals surface area contributed by atoms with Gasteiger partial charge in [-0.05, 0) is 54.1 Å². The van der Waals surface area contributed by atoms with Crippen molar-refractivity contribution < 1.29 is 29.4 Å². The van der Waals surface area contributed by atoms with Gasteiger partial charge in [0.1, 0.15) is 5.25 Å². The zero-order chi connectivity index (χ0) is 24.5. The number of hydrogen-bond donors (Lipinski definition) is 4. The molecule has 9 heteroatoms. The number of carboxylic acid groups (broad SMARTS) is 2. The fourth-order valence-electron chi connectivity index (χ4n) is 2.89. The first-order valence-corrected chi connectivity index (χ1v) is 10.9. The number of carbonyl (C=O) groups excluding carboxylic acids is 2. The summed E-state index contributed by atoms with van der Waals surface area (Å²) in [6.45, 7) is 0. The largest absolute Gasteiger partial charge is 0.478 e. The lowest BCUT2D eigenvalue weighted by Gasteiger charge is -2.17. The summed E-state index contributed by atoms with van der Waals surface area (Å²) in [5.41, 5.74) is 1.86. The van der Waals surface area contributed by atoms with Crippen molar-refractivity contribution in [3.05, 3.63) is 102 Å². The van der Waals surface area contributed by atoms with E-state index in [9.17, 15) is 19.2 Å². The number of aliphatic carboxylic acids is 1. The van der Waals surface area contributed by atoms with E-state index in [0.717, 1.165) is 22.6 Å². The van der Waals surface area contributed by atoms with E-state index < -0.39 is 23.1 Å². The Kier molecular flexibility index (Phi) is 8.20. The number of amides is 2. The van der Waals surface area contributed by atoms with Gasteiger partial charge in [0.05, 0.1) is 5.56 Å². The molecule has 0 fully saturated rings. The second-order valence-corrected chi connectivity index (χ2v) is 8.14. The average molecular weight is 477 g/mol. The number of rotatable bonds is 9. The molecule has 0 saturated carbocycles. The summed E-state index contributed by atoms with van der Waals surface area (Å²) in [6, 6.07) is 21.9. The fourth-order valence-corrected chi connectivity index (χ4v) is 3.91. The average Bonchev–Trinajstić information content (AvgIpc) is 2.83. The Bertz CT molecular complexity index is 1210. The van der Waals surface area contributed by atoms with Crippen LogP contribution in [0.3, 0.4) is 0 Å². The monoisotopic (exact) mass is 476 g/mol. The van der Waals surface area contributed by atoms with Crippen molar-refractivity contribution in [2.45, 2.75) is 10.1 Å². The fraction of sp³-hybridized carbons (Fsp3) is 0.0400. The number of carbonyl (C=O) groups is 4. The van der Waals surface area contributed by atoms with Crippen molar-refractivity contribution in [2.24, 2.45) is 0 Å². The minimum atomic E-state index is -1.22. The summed E-state index contributed by atoms with van der Waals surface area (Å²) in [4.78, 5) is 47.2. The summed E-state index contributed by atoms with van der Waals surface area (Å²) in [5.74, 6) is -3.12. The maximum absolute atomic E-state index is 13.1. The molecule has 0 aliphatic rings. The van der Waals surface area contributed by atoms with Gasteiger partial charge in [0, 0.05) is 28.4 Å². The Hall–Kier alpha value is -4.37. The molecular weight excluding hydrogens is 456 g/mol. The van der Waals surface area contributed by atoms with Gasteiger partial charge in [0.25, 0.3) is 0 Å². The third-order valence-corrected chi connectivity index (χ3v) is 5.76. The Morgan fingerprint density at radius 1 is 0.735 bits per heavy atom. The predicted molar refractivity (Wildman–Crippen MR) is 129 cm³/mol. The first-order chi connectivity index (χ1) is 16.3. The molecule has 0 radical (unpaired) electrons. The van der Waals surface area contributed by atoms with E-state index in [-0.39, 0.29) is 11.5 Å². The summed E-state index contributed by atoms with van der Waals surface area (Å²) in [6.07, 6.45) is 1.67. The maximum atomic E-state index is 13.1. The van der Waals surface area contributed by atoms with Crippen molar-refractivity contribution in [2.75, 3.05) is 10.6 Å². The normalized spacial score (nSPS) is 11.5. The molecule has 0 spiro atoms. The van der Waals surface area contributed by atoms with E-state index in [1.807, 2.05) is 30.3 Å². The van der Waals surface area contributed by atoms with Gasteiger partial charge in [-0.2, -0.15) is 0 Å². The minimum absolute atomic E-state index is 0.123. The van der Waals surface area contributed by atoms with Crippen LogP contribution >= 0.6 is 11.8 Å². The molecule has 172 valence electrons. The third-order valence-electron chi connectivity index (χ3n) is 4.49. The summed E-state index contributed by atoms with van der Waals surface area (Å²) in [5, 5.41) is 22.4. The topological polar surface area (TPSA) is 133 Å². The number of benzene rings is 3. The molecule has 0 aromatic heterocycles. The van der Waals surface area contributed by atoms with Crippen LogP contribution < -0.4 is 10.6 Å². The number of nitrogens with one attached hydrogen (secondary N) is 2. The molecule has 8 nitrogen and oxygen atoms in total. The van der Waals surface area contributed by atoms with E-state index in [4.69, 9.17) is 10.2 Å². The van der Waals surface area contributed by atoms with Gasteiger partial charge in [0.2, 0.25) is 11.8 Å². The molecule has 4 N–H and O–H groups in total. The smallest absolute Gasteiger partial charge is 0.335 e. The van der Waals surface area contributed by atoms with Gasteiger partial charge in [-0.25, -0.2) is 9.59 Å². The lowest BCUT2D eigenvalue weighted by Crippen LogP contribution is -2.19. The third kappa shape index (κ3) is 7.07. The van der Waals surface area contributed by atoms with E-state index >= 15 is 0 Å². The Morgan fingerprint density at radius 3 is 1.91 bits per heavy atom. The molecule has 2 amide bonds. The molecule has 3 rings (SSSR count). The predicted octanol–water partition coefficient (Wildman–Crippen LogP) is 4.44. The first-order valence-electron chi connectivity index (χ1n) is 9.99. The molecule has 34 heavy (non-hydrogen) atoms. The van der Waals surface area contributed by atoms with E-state index in [1.54, 1.807) is 24.3 Å². The SMILES string of the molecule is O=C(O)/C=C/C(=O)Nc1ccc(SC(C(=O)Nc2ccc(C(=O)O)cc2)c2ccccc2)cc1. The van der Waals surface area contributed by atoms with Crippen LogP contribution in [-0.2, 0) is 14.4 Å². The van der Waals surface area contributed by atoms with Gasteiger partial charge in [-0.15, -0.1) is 11.8 Å². The highest BCUT2D eigenvalue weighted by Gasteiger charge is 2.22. The van der Waals surface area contributed by atoms with Crippen molar-refractivity contribution in [3.63, 3.8) is 0 Å². The second kappa shape index (κ2) is 11.5. The number of thioether (sulfide) groups is 1. The quantitative estimate of drug-likeness (QED) is 0.265. The molecule has 1 unspecified atom stereocenters. The molecule has 3 aromatic carbocycles. The van der Waals surface area contributed by atoms with Crippen LogP contribution in [0.25, 0.3) is 0 Å². The summed E-state index contributed by atoms with van der Waals surface area (Å²) >= 11 is 1.31. The van der Waals surface area contributed by atoms with Crippen LogP contribution in [0.5, 0.6) is 0 Å².